The number of halogens is 1. The van der Waals surface area contributed by atoms with Crippen LogP contribution in [0.1, 0.15) is 28.8 Å². The van der Waals surface area contributed by atoms with Crippen LogP contribution in [0.5, 0.6) is 0 Å². The lowest BCUT2D eigenvalue weighted by Gasteiger charge is -2.11. The highest BCUT2D eigenvalue weighted by Gasteiger charge is 2.13. The minimum absolute atomic E-state index is 0.00526. The van der Waals surface area contributed by atoms with Gasteiger partial charge in [0.2, 0.25) is 11.8 Å². The van der Waals surface area contributed by atoms with Crippen molar-refractivity contribution < 1.29 is 18.8 Å². The van der Waals surface area contributed by atoms with E-state index < -0.39 is 17.6 Å². The number of carbonyl (C=O) groups excluding carboxylic acids is 3. The number of rotatable bonds is 6. The van der Waals surface area contributed by atoms with Gasteiger partial charge in [0.05, 0.1) is 5.56 Å². The summed E-state index contributed by atoms with van der Waals surface area (Å²) in [6.07, 6.45) is -0.0772. The Morgan fingerprint density at radius 2 is 1.50 bits per heavy atom. The number of amides is 3. The Morgan fingerprint density at radius 3 is 2.21 bits per heavy atom. The summed E-state index contributed by atoms with van der Waals surface area (Å²) in [4.78, 5) is 35.4. The number of hydrazine groups is 1. The number of thiocarbonyl (C=S) groups is 1. The molecule has 0 heterocycles. The fourth-order valence-electron chi connectivity index (χ4n) is 2.15. The maximum Gasteiger partial charge on any atom is 0.260 e. The maximum atomic E-state index is 13.5. The minimum Gasteiger partial charge on any atom is -0.352 e. The van der Waals surface area contributed by atoms with Gasteiger partial charge in [-0.1, -0.05) is 42.5 Å². The summed E-state index contributed by atoms with van der Waals surface area (Å²) in [7, 11) is 0. The SMILES string of the molecule is O=C(CCC(=O)NNC(=S)NC(=O)c1ccccc1F)NCc1ccccc1. The second kappa shape index (κ2) is 10.7. The highest BCUT2D eigenvalue weighted by molar-refractivity contribution is 7.80. The lowest BCUT2D eigenvalue weighted by atomic mass is 10.2. The van der Waals surface area contributed by atoms with Crippen LogP contribution in [0.25, 0.3) is 0 Å². The quantitative estimate of drug-likeness (QED) is 0.434. The number of hydrogen-bond acceptors (Lipinski definition) is 4. The summed E-state index contributed by atoms with van der Waals surface area (Å²) in [5.41, 5.74) is 5.38. The van der Waals surface area contributed by atoms with E-state index in [0.717, 1.165) is 11.6 Å². The molecule has 9 heteroatoms. The molecule has 0 aliphatic rings. The van der Waals surface area contributed by atoms with Crippen molar-refractivity contribution in [3.8, 4) is 0 Å². The van der Waals surface area contributed by atoms with Crippen molar-refractivity contribution in [2.75, 3.05) is 0 Å². The van der Waals surface area contributed by atoms with Gasteiger partial charge < -0.3 is 5.32 Å². The number of benzene rings is 2. The molecule has 28 heavy (non-hydrogen) atoms. The zero-order chi connectivity index (χ0) is 20.4. The van der Waals surface area contributed by atoms with Gasteiger partial charge in [-0.3, -0.25) is 30.6 Å². The summed E-state index contributed by atoms with van der Waals surface area (Å²) in [6.45, 7) is 0.381. The molecule has 0 aromatic heterocycles. The van der Waals surface area contributed by atoms with Gasteiger partial charge in [0.25, 0.3) is 5.91 Å². The Morgan fingerprint density at radius 1 is 0.857 bits per heavy atom. The summed E-state index contributed by atoms with van der Waals surface area (Å²) in [5.74, 6) is -2.19. The molecule has 0 atom stereocenters. The molecule has 3 amide bonds. The van der Waals surface area contributed by atoms with E-state index in [1.54, 1.807) is 0 Å². The smallest absolute Gasteiger partial charge is 0.260 e. The van der Waals surface area contributed by atoms with Gasteiger partial charge in [0.15, 0.2) is 5.11 Å². The Hall–Kier alpha value is -3.33. The summed E-state index contributed by atoms with van der Waals surface area (Å²) < 4.78 is 13.5. The van der Waals surface area contributed by atoms with Crippen LogP contribution in [0.2, 0.25) is 0 Å². The molecule has 0 radical (unpaired) electrons. The summed E-state index contributed by atoms with van der Waals surface area (Å²) in [5, 5.41) is 4.76. The van der Waals surface area contributed by atoms with Crippen LogP contribution in [-0.2, 0) is 16.1 Å². The molecule has 0 spiro atoms. The summed E-state index contributed by atoms with van der Waals surface area (Å²) in [6, 6.07) is 14.8. The number of nitrogens with one attached hydrogen (secondary N) is 4. The molecule has 7 nitrogen and oxygen atoms in total. The van der Waals surface area contributed by atoms with Crippen molar-refractivity contribution in [1.82, 2.24) is 21.5 Å². The molecule has 2 rings (SSSR count). The van der Waals surface area contributed by atoms with E-state index in [9.17, 15) is 18.8 Å². The van der Waals surface area contributed by atoms with E-state index in [-0.39, 0.29) is 29.4 Å². The van der Waals surface area contributed by atoms with Crippen molar-refractivity contribution in [2.24, 2.45) is 0 Å². The van der Waals surface area contributed by atoms with Gasteiger partial charge in [-0.05, 0) is 29.9 Å². The van der Waals surface area contributed by atoms with Gasteiger partial charge in [0, 0.05) is 19.4 Å². The molecule has 0 bridgehead atoms. The summed E-state index contributed by atoms with van der Waals surface area (Å²) >= 11 is 4.86. The first-order valence-corrected chi connectivity index (χ1v) is 8.82. The van der Waals surface area contributed by atoms with Gasteiger partial charge in [-0.2, -0.15) is 0 Å². The molecular formula is C19H19FN4O3S. The monoisotopic (exact) mass is 402 g/mol. The van der Waals surface area contributed by atoms with Crippen LogP contribution in [0.15, 0.2) is 54.6 Å². The second-order valence-electron chi connectivity index (χ2n) is 5.70. The largest absolute Gasteiger partial charge is 0.352 e. The van der Waals surface area contributed by atoms with Crippen molar-refractivity contribution in [3.63, 3.8) is 0 Å². The van der Waals surface area contributed by atoms with Crippen molar-refractivity contribution in [2.45, 2.75) is 19.4 Å². The fourth-order valence-corrected chi connectivity index (χ4v) is 2.29. The second-order valence-corrected chi connectivity index (χ2v) is 6.11. The Kier molecular flexibility index (Phi) is 8.04. The third-order valence-corrected chi connectivity index (χ3v) is 3.78. The van der Waals surface area contributed by atoms with E-state index in [1.807, 2.05) is 30.3 Å². The first-order valence-electron chi connectivity index (χ1n) is 8.41. The van der Waals surface area contributed by atoms with Crippen LogP contribution in [0.4, 0.5) is 4.39 Å². The van der Waals surface area contributed by atoms with Gasteiger partial charge >= 0.3 is 0 Å². The van der Waals surface area contributed by atoms with Crippen LogP contribution in [-0.4, -0.2) is 22.8 Å². The first kappa shape index (κ1) is 21.0. The third kappa shape index (κ3) is 7.12. The average molecular weight is 402 g/mol. The normalized spacial score (nSPS) is 9.89. The van der Waals surface area contributed by atoms with Gasteiger partial charge in [-0.25, -0.2) is 4.39 Å². The van der Waals surface area contributed by atoms with E-state index in [2.05, 4.69) is 21.5 Å². The van der Waals surface area contributed by atoms with Crippen LogP contribution in [0, 0.1) is 5.82 Å². The zero-order valence-corrected chi connectivity index (χ0v) is 15.6. The maximum absolute atomic E-state index is 13.5. The van der Waals surface area contributed by atoms with E-state index >= 15 is 0 Å². The lowest BCUT2D eigenvalue weighted by Crippen LogP contribution is -2.48. The van der Waals surface area contributed by atoms with Gasteiger partial charge in [-0.15, -0.1) is 0 Å². The molecule has 0 saturated carbocycles. The predicted octanol–water partition coefficient (Wildman–Crippen LogP) is 1.56. The molecule has 0 aliphatic heterocycles. The molecular weight excluding hydrogens is 383 g/mol. The lowest BCUT2D eigenvalue weighted by molar-refractivity contribution is -0.126. The van der Waals surface area contributed by atoms with Crippen LogP contribution in [0.3, 0.4) is 0 Å². The Labute approximate surface area is 166 Å². The van der Waals surface area contributed by atoms with Crippen molar-refractivity contribution in [1.29, 1.82) is 0 Å². The van der Waals surface area contributed by atoms with E-state index in [4.69, 9.17) is 12.2 Å². The van der Waals surface area contributed by atoms with Crippen molar-refractivity contribution >= 4 is 35.1 Å². The minimum atomic E-state index is -0.745. The fraction of sp³-hybridized carbons (Fsp3) is 0.158. The molecule has 146 valence electrons. The molecule has 0 saturated heterocycles. The Bertz CT molecular complexity index is 861. The van der Waals surface area contributed by atoms with Gasteiger partial charge in [0.1, 0.15) is 5.82 Å². The number of hydrogen-bond donors (Lipinski definition) is 4. The van der Waals surface area contributed by atoms with E-state index in [1.165, 1.54) is 18.2 Å². The first-order chi connectivity index (χ1) is 13.5. The highest BCUT2D eigenvalue weighted by atomic mass is 32.1. The molecule has 2 aromatic carbocycles. The Balaban J connectivity index is 1.65. The molecule has 0 unspecified atom stereocenters. The standard InChI is InChI=1S/C19H19FN4O3S/c20-15-9-5-4-8-14(15)18(27)22-19(28)24-23-17(26)11-10-16(25)21-12-13-6-2-1-3-7-13/h1-9H,10-12H2,(H,21,25)(H,23,26)(H2,22,24,27,28). The number of carbonyl (C=O) groups is 3. The topological polar surface area (TPSA) is 99.3 Å². The third-order valence-electron chi connectivity index (χ3n) is 3.57. The molecule has 2 aromatic rings. The average Bonchev–Trinajstić information content (AvgIpc) is 2.70. The predicted molar refractivity (Wildman–Crippen MR) is 105 cm³/mol. The van der Waals surface area contributed by atoms with Crippen LogP contribution >= 0.6 is 12.2 Å². The van der Waals surface area contributed by atoms with E-state index in [0.29, 0.717) is 6.54 Å². The molecule has 0 aliphatic carbocycles. The highest BCUT2D eigenvalue weighted by Crippen LogP contribution is 2.05. The molecule has 0 fully saturated rings. The zero-order valence-electron chi connectivity index (χ0n) is 14.8. The van der Waals surface area contributed by atoms with Crippen LogP contribution < -0.4 is 21.5 Å². The van der Waals surface area contributed by atoms with Crippen molar-refractivity contribution in [3.05, 3.63) is 71.5 Å². The molecule has 4 N–H and O–H groups in total.